The minimum absolute atomic E-state index is 0.0382. The third kappa shape index (κ3) is 6.99. The van der Waals surface area contributed by atoms with E-state index in [0.717, 1.165) is 23.1 Å². The van der Waals surface area contributed by atoms with Crippen molar-refractivity contribution in [2.75, 3.05) is 4.72 Å². The summed E-state index contributed by atoms with van der Waals surface area (Å²) in [6.45, 7) is 12.1. The van der Waals surface area contributed by atoms with E-state index in [1.54, 1.807) is 35.5 Å². The highest BCUT2D eigenvalue weighted by molar-refractivity contribution is 7.92. The molecule has 48 heavy (non-hydrogen) atoms. The maximum absolute atomic E-state index is 14.6. The van der Waals surface area contributed by atoms with Gasteiger partial charge in [-0.2, -0.15) is 4.98 Å². The van der Waals surface area contributed by atoms with Crippen molar-refractivity contribution in [3.8, 4) is 22.9 Å². The molecule has 0 unspecified atom stereocenters. The lowest BCUT2D eigenvalue weighted by Crippen LogP contribution is -2.53. The van der Waals surface area contributed by atoms with Crippen molar-refractivity contribution in [1.82, 2.24) is 24.8 Å². The molecular weight excluding hydrogens is 629 g/mol. The van der Waals surface area contributed by atoms with Crippen LogP contribution in [0.4, 0.5) is 5.95 Å². The summed E-state index contributed by atoms with van der Waals surface area (Å²) >= 11 is 0. The number of anilines is 1. The number of hydrogen-bond donors (Lipinski definition) is 1. The van der Waals surface area contributed by atoms with Gasteiger partial charge < -0.3 is 14.4 Å². The van der Waals surface area contributed by atoms with Crippen molar-refractivity contribution in [3.63, 3.8) is 0 Å². The lowest BCUT2D eigenvalue weighted by molar-refractivity contribution is -0.000438. The summed E-state index contributed by atoms with van der Waals surface area (Å²) < 4.78 is 42.6. The number of piperidine rings is 1. The van der Waals surface area contributed by atoms with Crippen LogP contribution in [0, 0.1) is 19.8 Å². The van der Waals surface area contributed by atoms with Gasteiger partial charge in [0.05, 0.1) is 41.2 Å². The lowest BCUT2D eigenvalue weighted by atomic mass is 9.87. The molecule has 0 saturated carbocycles. The van der Waals surface area contributed by atoms with Crippen molar-refractivity contribution in [2.24, 2.45) is 5.92 Å². The van der Waals surface area contributed by atoms with E-state index in [1.165, 1.54) is 12.1 Å². The topological polar surface area (TPSA) is 136 Å². The average Bonchev–Trinajstić information content (AvgIpc) is 3.03. The molecule has 12 heteroatoms. The highest BCUT2D eigenvalue weighted by atomic mass is 32.2. The van der Waals surface area contributed by atoms with Gasteiger partial charge in [-0.1, -0.05) is 38.1 Å². The molecular formula is C36H42N6O5S. The van der Waals surface area contributed by atoms with Crippen molar-refractivity contribution < 1.29 is 22.7 Å². The monoisotopic (exact) mass is 670 g/mol. The number of carbonyl (C=O) groups excluding carboxylic acids is 1. The summed E-state index contributed by atoms with van der Waals surface area (Å²) in [5, 5.41) is 0. The molecule has 4 aromatic rings. The molecule has 0 spiro atoms. The minimum Gasteiger partial charge on any atom is -0.488 e. The molecule has 252 valence electrons. The van der Waals surface area contributed by atoms with Gasteiger partial charge in [0, 0.05) is 17.2 Å². The fraction of sp³-hybridized carbons (Fsp3) is 0.417. The Balaban J connectivity index is 1.53. The molecule has 0 aliphatic carbocycles. The van der Waals surface area contributed by atoms with Crippen molar-refractivity contribution in [3.05, 3.63) is 83.4 Å². The first-order valence-corrected chi connectivity index (χ1v) is 17.9. The minimum atomic E-state index is -4.18. The smallest absolute Gasteiger partial charge is 0.264 e. The number of nitrogens with one attached hydrogen (secondary N) is 1. The normalized spacial score (nSPS) is 20.5. The molecule has 2 aliphatic heterocycles. The van der Waals surface area contributed by atoms with Gasteiger partial charge in [-0.15, -0.1) is 0 Å². The third-order valence-electron chi connectivity index (χ3n) is 8.68. The van der Waals surface area contributed by atoms with Crippen LogP contribution in [-0.4, -0.2) is 57.4 Å². The van der Waals surface area contributed by atoms with Gasteiger partial charge in [-0.3, -0.25) is 4.79 Å². The standard InChI is InChI=1S/C36H42N6O5S/c1-21(2)16-31-29-14-9-15-30(34-37-19-26(20-38-34)46-22(3)4)42(29)35(43)25-12-8-13-27(17-25)48(44,45)41-36-39-28(18-32(40-36)47-31)33-23(5)10-7-11-24(33)6/h7-8,10-13,17-22,29-31H,9,14-16H2,1-6H3,(H,39,40,41)/t29-,30+,31-/m0/s1. The summed E-state index contributed by atoms with van der Waals surface area (Å²) in [6.07, 6.45) is 5.49. The number of rotatable bonds is 6. The Morgan fingerprint density at radius 2 is 1.69 bits per heavy atom. The Morgan fingerprint density at radius 1 is 0.979 bits per heavy atom. The number of benzene rings is 2. The lowest BCUT2D eigenvalue weighted by Gasteiger charge is -2.45. The number of hydrogen-bond acceptors (Lipinski definition) is 9. The highest BCUT2D eigenvalue weighted by Crippen LogP contribution is 2.39. The van der Waals surface area contributed by atoms with Gasteiger partial charge in [0.25, 0.3) is 15.9 Å². The van der Waals surface area contributed by atoms with Crippen LogP contribution < -0.4 is 14.2 Å². The zero-order valence-electron chi connectivity index (χ0n) is 28.2. The zero-order chi connectivity index (χ0) is 34.2. The number of sulfonamides is 1. The maximum Gasteiger partial charge on any atom is 0.264 e. The van der Waals surface area contributed by atoms with Crippen molar-refractivity contribution in [1.29, 1.82) is 0 Å². The van der Waals surface area contributed by atoms with Gasteiger partial charge in [-0.05, 0) is 88.6 Å². The Bertz CT molecular complexity index is 1890. The molecule has 2 aliphatic rings. The molecule has 1 amide bonds. The molecule has 3 atom stereocenters. The van der Waals surface area contributed by atoms with Crippen LogP contribution in [0.15, 0.2) is 65.8 Å². The number of nitrogens with zero attached hydrogens (tertiary/aromatic N) is 5. The van der Waals surface area contributed by atoms with Crippen LogP contribution in [0.5, 0.6) is 11.6 Å². The fourth-order valence-corrected chi connectivity index (χ4v) is 7.67. The highest BCUT2D eigenvalue weighted by Gasteiger charge is 2.42. The van der Waals surface area contributed by atoms with Gasteiger partial charge >= 0.3 is 0 Å². The first-order valence-electron chi connectivity index (χ1n) is 16.5. The molecule has 6 rings (SSSR count). The van der Waals surface area contributed by atoms with E-state index in [1.807, 2.05) is 45.9 Å². The second-order valence-corrected chi connectivity index (χ2v) is 15.0. The fourth-order valence-electron chi connectivity index (χ4n) is 6.68. The molecule has 2 aromatic heterocycles. The largest absolute Gasteiger partial charge is 0.488 e. The van der Waals surface area contributed by atoms with Gasteiger partial charge in [0.15, 0.2) is 11.6 Å². The molecule has 11 nitrogen and oxygen atoms in total. The van der Waals surface area contributed by atoms with Gasteiger partial charge in [-0.25, -0.2) is 28.1 Å². The van der Waals surface area contributed by atoms with E-state index in [0.29, 0.717) is 36.5 Å². The van der Waals surface area contributed by atoms with Crippen LogP contribution in [0.1, 0.15) is 86.7 Å². The number of carbonyl (C=O) groups is 1. The second-order valence-electron chi connectivity index (χ2n) is 13.3. The summed E-state index contributed by atoms with van der Waals surface area (Å²) in [7, 11) is -4.18. The molecule has 4 bridgehead atoms. The maximum atomic E-state index is 14.6. The number of aromatic nitrogens is 4. The van der Waals surface area contributed by atoms with Crippen molar-refractivity contribution in [2.45, 2.75) is 96.4 Å². The van der Waals surface area contributed by atoms with Gasteiger partial charge in [0.1, 0.15) is 6.10 Å². The van der Waals surface area contributed by atoms with Crippen LogP contribution in [0.3, 0.4) is 0 Å². The average molecular weight is 671 g/mol. The van der Waals surface area contributed by atoms with E-state index < -0.39 is 22.2 Å². The summed E-state index contributed by atoms with van der Waals surface area (Å²) in [5.41, 5.74) is 3.60. The summed E-state index contributed by atoms with van der Waals surface area (Å²) in [5.74, 6) is 1.04. The number of aryl methyl sites for hydroxylation is 2. The zero-order valence-corrected chi connectivity index (χ0v) is 29.0. The van der Waals surface area contributed by atoms with Crippen LogP contribution in [-0.2, 0) is 10.0 Å². The Labute approximate surface area is 282 Å². The molecule has 1 N–H and O–H groups in total. The predicted molar refractivity (Wildman–Crippen MR) is 182 cm³/mol. The summed E-state index contributed by atoms with van der Waals surface area (Å²) in [4.78, 5) is 34.9. The summed E-state index contributed by atoms with van der Waals surface area (Å²) in [6, 6.07) is 12.9. The van der Waals surface area contributed by atoms with E-state index in [4.69, 9.17) is 9.47 Å². The van der Waals surface area contributed by atoms with Crippen LogP contribution >= 0.6 is 0 Å². The Morgan fingerprint density at radius 3 is 2.38 bits per heavy atom. The first-order chi connectivity index (χ1) is 22.9. The molecule has 0 radical (unpaired) electrons. The number of ether oxygens (including phenoxy) is 2. The predicted octanol–water partition coefficient (Wildman–Crippen LogP) is 6.68. The SMILES string of the molecule is Cc1cccc(C)c1-c1cc2nc(n1)NS(=O)(=O)c1cccc(c1)C(=O)N1[C@@H](c3ncc(OC(C)C)cn3)CCC[C@H]1[C@H](CC(C)C)O2. The first kappa shape index (κ1) is 33.3. The Hall–Kier alpha value is -4.58. The number of amides is 1. The second kappa shape index (κ2) is 13.5. The molecule has 1 fully saturated rings. The van der Waals surface area contributed by atoms with E-state index in [2.05, 4.69) is 38.5 Å². The van der Waals surface area contributed by atoms with E-state index in [9.17, 15) is 13.2 Å². The van der Waals surface area contributed by atoms with Gasteiger partial charge in [0.2, 0.25) is 11.8 Å². The molecule has 4 heterocycles. The van der Waals surface area contributed by atoms with E-state index >= 15 is 0 Å². The van der Waals surface area contributed by atoms with Crippen LogP contribution in [0.25, 0.3) is 11.3 Å². The Kier molecular flexibility index (Phi) is 9.37. The van der Waals surface area contributed by atoms with Crippen molar-refractivity contribution >= 4 is 21.9 Å². The quantitative estimate of drug-likeness (QED) is 0.238. The molecule has 2 aromatic carbocycles. The van der Waals surface area contributed by atoms with Crippen LogP contribution in [0.2, 0.25) is 0 Å². The van der Waals surface area contributed by atoms with E-state index in [-0.39, 0.29) is 46.3 Å². The number of fused-ring (bicyclic) bond motifs is 5. The third-order valence-corrected chi connectivity index (χ3v) is 10.0. The molecule has 1 saturated heterocycles.